The van der Waals surface area contributed by atoms with Crippen molar-refractivity contribution < 1.29 is 5.11 Å². The fraction of sp³-hybridized carbons (Fsp3) is 0.188. The molecule has 5 heteroatoms. The Hall–Kier alpha value is -1.55. The first-order valence-corrected chi connectivity index (χ1v) is 7.41. The molecule has 0 aliphatic heterocycles. The molecule has 0 radical (unpaired) electrons. The molecular formula is C16H14Cl2N2O. The number of rotatable bonds is 4. The van der Waals surface area contributed by atoms with Crippen molar-refractivity contribution in [2.75, 3.05) is 0 Å². The lowest BCUT2D eigenvalue weighted by Gasteiger charge is -2.13. The van der Waals surface area contributed by atoms with E-state index in [1.165, 1.54) is 0 Å². The molecule has 1 N–H and O–H groups in total. The predicted octanol–water partition coefficient (Wildman–Crippen LogP) is 3.95. The second-order valence-corrected chi connectivity index (χ2v) is 5.82. The number of para-hydroxylation sites is 2. The van der Waals surface area contributed by atoms with Gasteiger partial charge in [0.15, 0.2) is 0 Å². The molecule has 0 aliphatic rings. The molecule has 0 aliphatic carbocycles. The van der Waals surface area contributed by atoms with Gasteiger partial charge in [-0.25, -0.2) is 4.98 Å². The van der Waals surface area contributed by atoms with Crippen molar-refractivity contribution in [3.8, 4) is 0 Å². The first-order chi connectivity index (χ1) is 10.1. The number of halogens is 2. The zero-order valence-corrected chi connectivity index (χ0v) is 12.7. The van der Waals surface area contributed by atoms with Crippen LogP contribution in [0, 0.1) is 0 Å². The Morgan fingerprint density at radius 2 is 1.95 bits per heavy atom. The molecular weight excluding hydrogens is 307 g/mol. The Morgan fingerprint density at radius 1 is 1.14 bits per heavy atom. The van der Waals surface area contributed by atoms with Crippen molar-refractivity contribution in [3.63, 3.8) is 0 Å². The lowest BCUT2D eigenvalue weighted by atomic mass is 10.1. The Kier molecular flexibility index (Phi) is 4.15. The minimum absolute atomic E-state index is 0.472. The number of aliphatic hydroxyl groups excluding tert-OH is 1. The molecule has 0 amide bonds. The molecule has 108 valence electrons. The van der Waals surface area contributed by atoms with Crippen LogP contribution in [0.3, 0.4) is 0 Å². The predicted molar refractivity (Wildman–Crippen MR) is 85.9 cm³/mol. The number of fused-ring (bicyclic) bond motifs is 1. The van der Waals surface area contributed by atoms with Crippen molar-refractivity contribution in [2.45, 2.75) is 19.1 Å². The number of benzene rings is 2. The van der Waals surface area contributed by atoms with Crippen molar-refractivity contribution >= 4 is 34.2 Å². The molecule has 1 aromatic heterocycles. The summed E-state index contributed by atoms with van der Waals surface area (Å²) in [5.41, 5.74) is 2.82. The number of hydrogen-bond donors (Lipinski definition) is 1. The Labute approximate surface area is 132 Å². The van der Waals surface area contributed by atoms with Gasteiger partial charge in [0.1, 0.15) is 0 Å². The zero-order valence-electron chi connectivity index (χ0n) is 11.2. The van der Waals surface area contributed by atoms with E-state index in [4.69, 9.17) is 23.2 Å². The zero-order chi connectivity index (χ0) is 14.8. The molecule has 0 spiro atoms. The van der Waals surface area contributed by atoms with Crippen molar-refractivity contribution in [1.82, 2.24) is 9.55 Å². The second-order valence-electron chi connectivity index (χ2n) is 4.98. The van der Waals surface area contributed by atoms with Gasteiger partial charge >= 0.3 is 0 Å². The highest BCUT2D eigenvalue weighted by Gasteiger charge is 2.11. The minimum Gasteiger partial charge on any atom is -0.391 e. The maximum atomic E-state index is 10.3. The summed E-state index contributed by atoms with van der Waals surface area (Å²) >= 11 is 12.0. The van der Waals surface area contributed by atoms with Gasteiger partial charge in [0.25, 0.3) is 0 Å². The molecule has 21 heavy (non-hydrogen) atoms. The number of hydrogen-bond acceptors (Lipinski definition) is 2. The Balaban J connectivity index is 1.75. The summed E-state index contributed by atoms with van der Waals surface area (Å²) in [5, 5.41) is 11.5. The van der Waals surface area contributed by atoms with Crippen LogP contribution in [-0.2, 0) is 13.0 Å². The number of aliphatic hydroxyl groups is 1. The molecule has 1 atom stereocenters. The van der Waals surface area contributed by atoms with Crippen molar-refractivity contribution in [1.29, 1.82) is 0 Å². The minimum atomic E-state index is -0.540. The molecule has 3 aromatic rings. The molecule has 1 heterocycles. The quantitative estimate of drug-likeness (QED) is 0.790. The highest BCUT2D eigenvalue weighted by atomic mass is 35.5. The molecule has 3 nitrogen and oxygen atoms in total. The van der Waals surface area contributed by atoms with Gasteiger partial charge in [-0.3, -0.25) is 0 Å². The smallest absolute Gasteiger partial charge is 0.0959 e. The fourth-order valence-electron chi connectivity index (χ4n) is 2.39. The standard InChI is InChI=1S/C16H14Cl2N2O/c17-12-6-5-11(14(18)8-12)7-13(21)9-20-10-19-15-3-1-2-4-16(15)20/h1-6,8,10,13,21H,7,9H2. The first kappa shape index (κ1) is 14.4. The summed E-state index contributed by atoms with van der Waals surface area (Å²) in [6.45, 7) is 0.472. The highest BCUT2D eigenvalue weighted by molar-refractivity contribution is 6.35. The summed E-state index contributed by atoms with van der Waals surface area (Å²) in [4.78, 5) is 4.32. The Bertz CT molecular complexity index is 770. The summed E-state index contributed by atoms with van der Waals surface area (Å²) in [6, 6.07) is 13.2. The lowest BCUT2D eigenvalue weighted by molar-refractivity contribution is 0.155. The maximum Gasteiger partial charge on any atom is 0.0959 e. The van der Waals surface area contributed by atoms with Crippen LogP contribution in [0.5, 0.6) is 0 Å². The summed E-state index contributed by atoms with van der Waals surface area (Å²) in [5.74, 6) is 0. The lowest BCUT2D eigenvalue weighted by Crippen LogP contribution is -2.18. The third-order valence-electron chi connectivity index (χ3n) is 3.41. The van der Waals surface area contributed by atoms with Gasteiger partial charge < -0.3 is 9.67 Å². The van der Waals surface area contributed by atoms with Crippen LogP contribution < -0.4 is 0 Å². The van der Waals surface area contributed by atoms with E-state index in [0.29, 0.717) is 23.0 Å². The van der Waals surface area contributed by atoms with Crippen LogP contribution in [0.25, 0.3) is 11.0 Å². The van der Waals surface area contributed by atoms with Gasteiger partial charge in [0.05, 0.1) is 30.0 Å². The Morgan fingerprint density at radius 3 is 2.76 bits per heavy atom. The van der Waals surface area contributed by atoms with E-state index in [-0.39, 0.29) is 0 Å². The monoisotopic (exact) mass is 320 g/mol. The summed E-state index contributed by atoms with van der Waals surface area (Å²) in [6.07, 6.45) is 1.68. The highest BCUT2D eigenvalue weighted by Crippen LogP contribution is 2.22. The van der Waals surface area contributed by atoms with Crippen LogP contribution in [0.1, 0.15) is 5.56 Å². The number of aromatic nitrogens is 2. The van der Waals surface area contributed by atoms with E-state index < -0.39 is 6.10 Å². The first-order valence-electron chi connectivity index (χ1n) is 6.65. The van der Waals surface area contributed by atoms with E-state index in [9.17, 15) is 5.11 Å². The molecule has 0 bridgehead atoms. The fourth-order valence-corrected chi connectivity index (χ4v) is 2.87. The van der Waals surface area contributed by atoms with Crippen LogP contribution in [0.4, 0.5) is 0 Å². The molecule has 0 saturated carbocycles. The average Bonchev–Trinajstić information content (AvgIpc) is 2.85. The summed E-state index contributed by atoms with van der Waals surface area (Å²) in [7, 11) is 0. The van der Waals surface area contributed by atoms with E-state index >= 15 is 0 Å². The van der Waals surface area contributed by atoms with E-state index in [1.54, 1.807) is 18.5 Å². The largest absolute Gasteiger partial charge is 0.391 e. The van der Waals surface area contributed by atoms with Gasteiger partial charge in [-0.05, 0) is 29.8 Å². The van der Waals surface area contributed by atoms with Crippen LogP contribution in [-0.4, -0.2) is 20.8 Å². The van der Waals surface area contributed by atoms with Crippen molar-refractivity contribution in [2.24, 2.45) is 0 Å². The van der Waals surface area contributed by atoms with Crippen LogP contribution >= 0.6 is 23.2 Å². The molecule has 0 saturated heterocycles. The van der Waals surface area contributed by atoms with Gasteiger partial charge in [-0.15, -0.1) is 0 Å². The van der Waals surface area contributed by atoms with Gasteiger partial charge in [0, 0.05) is 16.5 Å². The van der Waals surface area contributed by atoms with E-state index in [1.807, 2.05) is 34.9 Å². The third-order valence-corrected chi connectivity index (χ3v) is 3.99. The van der Waals surface area contributed by atoms with Gasteiger partial charge in [-0.1, -0.05) is 41.4 Å². The average molecular weight is 321 g/mol. The number of imidazole rings is 1. The maximum absolute atomic E-state index is 10.3. The van der Waals surface area contributed by atoms with Gasteiger partial charge in [-0.2, -0.15) is 0 Å². The van der Waals surface area contributed by atoms with E-state index in [2.05, 4.69) is 4.98 Å². The van der Waals surface area contributed by atoms with Gasteiger partial charge in [0.2, 0.25) is 0 Å². The third kappa shape index (κ3) is 3.21. The molecule has 3 rings (SSSR count). The van der Waals surface area contributed by atoms with Crippen LogP contribution in [0.2, 0.25) is 10.0 Å². The normalized spacial score (nSPS) is 12.7. The SMILES string of the molecule is OC(Cc1ccc(Cl)cc1Cl)Cn1cnc2ccccc21. The van der Waals surface area contributed by atoms with Crippen molar-refractivity contribution in [3.05, 3.63) is 64.4 Å². The topological polar surface area (TPSA) is 38.0 Å². The molecule has 0 fully saturated rings. The summed E-state index contributed by atoms with van der Waals surface area (Å²) < 4.78 is 1.95. The second kappa shape index (κ2) is 6.06. The molecule has 1 unspecified atom stereocenters. The van der Waals surface area contributed by atoms with Crippen LogP contribution in [0.15, 0.2) is 48.8 Å². The molecule has 2 aromatic carbocycles. The van der Waals surface area contributed by atoms with E-state index in [0.717, 1.165) is 16.6 Å². The number of nitrogens with zero attached hydrogens (tertiary/aromatic N) is 2.